The highest BCUT2D eigenvalue weighted by Gasteiger charge is 2.20. The molecule has 0 amide bonds. The van der Waals surface area contributed by atoms with E-state index in [-0.39, 0.29) is 5.75 Å². The quantitative estimate of drug-likeness (QED) is 0.774. The summed E-state index contributed by atoms with van der Waals surface area (Å²) >= 11 is 0. The normalized spacial score (nSPS) is 14.3. The maximum atomic E-state index is 10.5. The summed E-state index contributed by atoms with van der Waals surface area (Å²) in [6.07, 6.45) is 3.56. The van der Waals surface area contributed by atoms with Gasteiger partial charge in [0.15, 0.2) is 11.5 Å². The van der Waals surface area contributed by atoms with Crippen LogP contribution in [0.25, 0.3) is 11.1 Å². The molecule has 1 N–H and O–H groups in total. The van der Waals surface area contributed by atoms with Gasteiger partial charge in [-0.2, -0.15) is 0 Å². The van der Waals surface area contributed by atoms with Crippen LogP contribution in [-0.4, -0.2) is 28.1 Å². The van der Waals surface area contributed by atoms with Crippen molar-refractivity contribution in [2.45, 2.75) is 20.0 Å². The Kier molecular flexibility index (Phi) is 4.59. The zero-order valence-corrected chi connectivity index (χ0v) is 14.9. The molecule has 0 unspecified atom stereocenters. The van der Waals surface area contributed by atoms with Crippen molar-refractivity contribution >= 4 is 0 Å². The Hall–Kier alpha value is -2.85. The van der Waals surface area contributed by atoms with Gasteiger partial charge < -0.3 is 9.84 Å². The van der Waals surface area contributed by atoms with Gasteiger partial charge in [-0.3, -0.25) is 9.88 Å². The molecule has 3 aromatic rings. The standard InChI is InChI=1S/C22H22N2O2/c1-16-4-6-17(7-5-16)14-24-9-10-26-22-20(15-24)11-19(12-21(22)25)18-3-2-8-23-13-18/h2-8,11-13,25H,9-10,14-15H2,1H3. The highest BCUT2D eigenvalue weighted by atomic mass is 16.5. The number of hydrogen-bond acceptors (Lipinski definition) is 4. The first-order valence-electron chi connectivity index (χ1n) is 8.86. The lowest BCUT2D eigenvalue weighted by atomic mass is 10.0. The topological polar surface area (TPSA) is 45.6 Å². The van der Waals surface area contributed by atoms with E-state index in [0.717, 1.165) is 36.3 Å². The number of phenols is 1. The Morgan fingerprint density at radius 1 is 1.12 bits per heavy atom. The Bertz CT molecular complexity index is 892. The number of pyridine rings is 1. The molecule has 0 aliphatic carbocycles. The van der Waals surface area contributed by atoms with E-state index in [1.807, 2.05) is 18.3 Å². The first-order valence-corrected chi connectivity index (χ1v) is 8.86. The maximum absolute atomic E-state index is 10.5. The number of ether oxygens (including phenoxy) is 1. The van der Waals surface area contributed by atoms with Crippen molar-refractivity contribution in [2.24, 2.45) is 0 Å². The largest absolute Gasteiger partial charge is 0.504 e. The summed E-state index contributed by atoms with van der Waals surface area (Å²) in [7, 11) is 0. The number of aromatic hydroxyl groups is 1. The predicted octanol–water partition coefficient (Wildman–Crippen LogP) is 4.16. The lowest BCUT2D eigenvalue weighted by molar-refractivity contribution is 0.217. The molecule has 4 rings (SSSR count). The van der Waals surface area contributed by atoms with Crippen molar-refractivity contribution < 1.29 is 9.84 Å². The summed E-state index contributed by atoms with van der Waals surface area (Å²) in [5, 5.41) is 10.5. The van der Waals surface area contributed by atoms with Crippen molar-refractivity contribution in [3.05, 3.63) is 77.6 Å². The average molecular weight is 346 g/mol. The molecule has 1 aliphatic heterocycles. The van der Waals surface area contributed by atoms with Gasteiger partial charge in [-0.25, -0.2) is 0 Å². The van der Waals surface area contributed by atoms with E-state index in [1.54, 1.807) is 12.3 Å². The third-order valence-electron chi connectivity index (χ3n) is 4.72. The zero-order chi connectivity index (χ0) is 17.9. The molecule has 0 saturated heterocycles. The van der Waals surface area contributed by atoms with Gasteiger partial charge in [-0.05, 0) is 36.2 Å². The van der Waals surface area contributed by atoms with Gasteiger partial charge in [0.25, 0.3) is 0 Å². The smallest absolute Gasteiger partial charge is 0.165 e. The molecule has 1 aromatic heterocycles. The van der Waals surface area contributed by atoms with Crippen LogP contribution in [0.4, 0.5) is 0 Å². The van der Waals surface area contributed by atoms with Crippen LogP contribution < -0.4 is 4.74 Å². The molecular weight excluding hydrogens is 324 g/mol. The van der Waals surface area contributed by atoms with Crippen molar-refractivity contribution in [2.75, 3.05) is 13.2 Å². The van der Waals surface area contributed by atoms with Crippen molar-refractivity contribution in [3.8, 4) is 22.6 Å². The monoisotopic (exact) mass is 346 g/mol. The van der Waals surface area contributed by atoms with Crippen LogP contribution in [0.2, 0.25) is 0 Å². The minimum absolute atomic E-state index is 0.193. The van der Waals surface area contributed by atoms with E-state index in [1.165, 1.54) is 11.1 Å². The van der Waals surface area contributed by atoms with Crippen LogP contribution in [0.3, 0.4) is 0 Å². The number of phenolic OH excluding ortho intramolecular Hbond substituents is 1. The summed E-state index contributed by atoms with van der Waals surface area (Å²) in [6.45, 7) is 5.09. The highest BCUT2D eigenvalue weighted by molar-refractivity contribution is 5.68. The molecule has 0 spiro atoms. The molecule has 0 fully saturated rings. The van der Waals surface area contributed by atoms with E-state index in [0.29, 0.717) is 12.4 Å². The van der Waals surface area contributed by atoms with E-state index in [4.69, 9.17) is 4.74 Å². The number of hydrogen-bond donors (Lipinski definition) is 1. The fourth-order valence-corrected chi connectivity index (χ4v) is 3.34. The van der Waals surface area contributed by atoms with Crippen LogP contribution >= 0.6 is 0 Å². The van der Waals surface area contributed by atoms with Crippen LogP contribution in [-0.2, 0) is 13.1 Å². The second kappa shape index (κ2) is 7.18. The molecule has 0 bridgehead atoms. The van der Waals surface area contributed by atoms with E-state index in [2.05, 4.69) is 47.1 Å². The molecule has 0 atom stereocenters. The number of nitrogens with zero attached hydrogens (tertiary/aromatic N) is 2. The van der Waals surface area contributed by atoms with Gasteiger partial charge in [0.2, 0.25) is 0 Å². The second-order valence-corrected chi connectivity index (χ2v) is 6.77. The Labute approximate surface area is 153 Å². The van der Waals surface area contributed by atoms with Crippen LogP contribution in [0.5, 0.6) is 11.5 Å². The SMILES string of the molecule is Cc1ccc(CN2CCOc3c(O)cc(-c4cccnc4)cc3C2)cc1. The van der Waals surface area contributed by atoms with Crippen LogP contribution in [0.15, 0.2) is 60.9 Å². The van der Waals surface area contributed by atoms with Gasteiger partial charge in [0, 0.05) is 43.2 Å². The van der Waals surface area contributed by atoms with Gasteiger partial charge >= 0.3 is 0 Å². The van der Waals surface area contributed by atoms with Crippen LogP contribution in [0, 0.1) is 6.92 Å². The summed E-state index contributed by atoms with van der Waals surface area (Å²) in [5.41, 5.74) is 5.50. The molecular formula is C22H22N2O2. The van der Waals surface area contributed by atoms with Gasteiger partial charge in [-0.15, -0.1) is 0 Å². The molecule has 4 heteroatoms. The fourth-order valence-electron chi connectivity index (χ4n) is 3.34. The first kappa shape index (κ1) is 16.6. The molecule has 132 valence electrons. The van der Waals surface area contributed by atoms with Crippen LogP contribution in [0.1, 0.15) is 16.7 Å². The van der Waals surface area contributed by atoms with Crippen molar-refractivity contribution in [1.29, 1.82) is 0 Å². The number of benzene rings is 2. The molecule has 1 aliphatic rings. The molecule has 0 saturated carbocycles. The Morgan fingerprint density at radius 3 is 2.73 bits per heavy atom. The molecule has 4 nitrogen and oxygen atoms in total. The molecule has 0 radical (unpaired) electrons. The zero-order valence-electron chi connectivity index (χ0n) is 14.9. The first-order chi connectivity index (χ1) is 12.7. The predicted molar refractivity (Wildman–Crippen MR) is 102 cm³/mol. The lowest BCUT2D eigenvalue weighted by Gasteiger charge is -2.19. The minimum Gasteiger partial charge on any atom is -0.504 e. The minimum atomic E-state index is 0.193. The molecule has 26 heavy (non-hydrogen) atoms. The van der Waals surface area contributed by atoms with E-state index >= 15 is 0 Å². The van der Waals surface area contributed by atoms with E-state index < -0.39 is 0 Å². The molecule has 2 aromatic carbocycles. The second-order valence-electron chi connectivity index (χ2n) is 6.77. The Morgan fingerprint density at radius 2 is 1.96 bits per heavy atom. The van der Waals surface area contributed by atoms with Crippen molar-refractivity contribution in [1.82, 2.24) is 9.88 Å². The third-order valence-corrected chi connectivity index (χ3v) is 4.72. The number of aryl methyl sites for hydroxylation is 1. The van der Waals surface area contributed by atoms with Gasteiger partial charge in [0.1, 0.15) is 6.61 Å². The summed E-state index contributed by atoms with van der Waals surface area (Å²) < 4.78 is 5.85. The number of fused-ring (bicyclic) bond motifs is 1. The summed E-state index contributed by atoms with van der Waals surface area (Å²) in [6, 6.07) is 16.4. The van der Waals surface area contributed by atoms with E-state index in [9.17, 15) is 5.11 Å². The average Bonchev–Trinajstić information content (AvgIpc) is 2.86. The number of rotatable bonds is 3. The summed E-state index contributed by atoms with van der Waals surface area (Å²) in [5.74, 6) is 0.794. The number of aromatic nitrogens is 1. The third kappa shape index (κ3) is 3.55. The molecule has 2 heterocycles. The maximum Gasteiger partial charge on any atom is 0.165 e. The van der Waals surface area contributed by atoms with Crippen molar-refractivity contribution in [3.63, 3.8) is 0 Å². The highest BCUT2D eigenvalue weighted by Crippen LogP contribution is 2.37. The lowest BCUT2D eigenvalue weighted by Crippen LogP contribution is -2.25. The fraction of sp³-hybridized carbons (Fsp3) is 0.227. The van der Waals surface area contributed by atoms with Gasteiger partial charge in [0.05, 0.1) is 0 Å². The summed E-state index contributed by atoms with van der Waals surface area (Å²) in [4.78, 5) is 6.53. The van der Waals surface area contributed by atoms with Gasteiger partial charge in [-0.1, -0.05) is 35.9 Å². The Balaban J connectivity index is 1.62.